The number of carbonyl (C=O) groups is 3. The Balaban J connectivity index is 1.79. The monoisotopic (exact) mass is 817 g/mol. The molecule has 4 rings (SSSR count). The molecule has 58 heavy (non-hydrogen) atoms. The number of esters is 1. The van der Waals surface area contributed by atoms with Crippen LogP contribution in [0.15, 0.2) is 35.5 Å². The second-order valence-electron chi connectivity index (χ2n) is 17.6. The van der Waals surface area contributed by atoms with Gasteiger partial charge in [0, 0.05) is 57.8 Å². The summed E-state index contributed by atoms with van der Waals surface area (Å²) in [5.41, 5.74) is 2.12. The molecule has 2 bridgehead atoms. The molecule has 1 aliphatic carbocycles. The first-order valence-corrected chi connectivity index (χ1v) is 21.4. The normalized spacial score (nSPS) is 40.7. The van der Waals surface area contributed by atoms with Crippen LogP contribution >= 0.6 is 0 Å². The van der Waals surface area contributed by atoms with E-state index in [1.165, 1.54) is 4.90 Å². The Labute approximate surface area is 346 Å². The fourth-order valence-electron chi connectivity index (χ4n) is 9.57. The summed E-state index contributed by atoms with van der Waals surface area (Å²) in [5, 5.41) is 43.6. The van der Waals surface area contributed by atoms with Crippen molar-refractivity contribution in [2.75, 3.05) is 27.9 Å². The number of ketones is 1. The predicted octanol–water partition coefficient (Wildman–Crippen LogP) is 5.48. The van der Waals surface area contributed by atoms with Gasteiger partial charge in [0.2, 0.25) is 5.79 Å². The molecule has 0 aromatic carbocycles. The molecule has 3 fully saturated rings. The minimum atomic E-state index is -2.49. The van der Waals surface area contributed by atoms with Crippen LogP contribution in [0.3, 0.4) is 0 Å². The first-order valence-electron chi connectivity index (χ1n) is 21.4. The number of hydrogen-bond acceptors (Lipinski definition) is 12. The lowest BCUT2D eigenvalue weighted by atomic mass is 9.81. The third-order valence-electron chi connectivity index (χ3n) is 13.1. The number of cyclic esters (lactones) is 1. The number of aliphatic hydroxyl groups excluding tert-OH is 2. The van der Waals surface area contributed by atoms with Crippen molar-refractivity contribution in [1.29, 1.82) is 5.41 Å². The zero-order chi connectivity index (χ0) is 42.9. The van der Waals surface area contributed by atoms with Gasteiger partial charge in [-0.05, 0) is 102 Å². The molecule has 0 spiro atoms. The van der Waals surface area contributed by atoms with E-state index in [0.717, 1.165) is 5.57 Å². The van der Waals surface area contributed by atoms with Crippen molar-refractivity contribution in [2.45, 2.75) is 167 Å². The van der Waals surface area contributed by atoms with E-state index in [1.54, 1.807) is 35.2 Å². The summed E-state index contributed by atoms with van der Waals surface area (Å²) in [6.45, 7) is 11.4. The van der Waals surface area contributed by atoms with Gasteiger partial charge in [0.25, 0.3) is 11.7 Å². The second-order valence-corrected chi connectivity index (χ2v) is 17.6. The fourth-order valence-corrected chi connectivity index (χ4v) is 9.57. The van der Waals surface area contributed by atoms with Gasteiger partial charge in [0.05, 0.1) is 30.5 Å². The van der Waals surface area contributed by atoms with E-state index in [9.17, 15) is 35.1 Å². The standard InChI is InChI=1S/C45H72N2O11/c1-10-11-14-32-20-26(2)19-27(3)21-38(55-8)41-39(56-9)23-29(5)45(53,58-41)42(50)43(51)47-18-13-12-15-34(47)44(52)57-40(30(6)36(49)25-33(32)46)28(4)22-31-16-17-35(48)37(24-31)54-7/h10-11,20,22,27,29-32,34-41,46,48-49,53H,12-19,21,23-25H2,1-9H3/b11-10+,26-20+,28-22+,46-33?/t27-,29+,30+,31-,32+,34-,35+,36-,37+,38-,39-,40+,41+,45?/m0/s1. The van der Waals surface area contributed by atoms with Crippen molar-refractivity contribution >= 4 is 23.4 Å². The van der Waals surface area contributed by atoms with Crippen LogP contribution < -0.4 is 0 Å². The van der Waals surface area contributed by atoms with Gasteiger partial charge >= 0.3 is 5.97 Å². The summed E-state index contributed by atoms with van der Waals surface area (Å²) in [6, 6.07) is -1.11. The average molecular weight is 817 g/mol. The molecular weight excluding hydrogens is 744 g/mol. The van der Waals surface area contributed by atoms with E-state index >= 15 is 0 Å². The SMILES string of the molecule is C/C=C/C[C@@H]1/C=C(\C)C[C@H](C)C[C@H](OC)[C@H]2OC(O)(C(=O)C(=O)N3CCCC[C@H]3C(=O)O[C@H](/C(C)=C/[C@@H]3CC[C@@H](O)[C@H](OC)C3)[C@H](C)[C@@H](O)CC1=N)[C@H](C)C[C@@H]2OC. The number of rotatable bonds is 7. The van der Waals surface area contributed by atoms with Crippen molar-refractivity contribution in [3.8, 4) is 0 Å². The molecule has 4 aliphatic rings. The third kappa shape index (κ3) is 11.5. The van der Waals surface area contributed by atoms with Gasteiger partial charge in [0.1, 0.15) is 18.2 Å². The number of amides is 1. The molecule has 13 heteroatoms. The number of nitrogens with zero attached hydrogens (tertiary/aromatic N) is 1. The van der Waals surface area contributed by atoms with Crippen LogP contribution in [0.5, 0.6) is 0 Å². The number of Topliss-reactive ketones (excluding diaryl/α,β-unsaturated/α-hetero) is 1. The van der Waals surface area contributed by atoms with Gasteiger partial charge in [-0.1, -0.05) is 50.6 Å². The van der Waals surface area contributed by atoms with E-state index in [2.05, 4.69) is 13.0 Å². The lowest BCUT2D eigenvalue weighted by Gasteiger charge is -2.47. The summed E-state index contributed by atoms with van der Waals surface area (Å²) in [4.78, 5) is 44.1. The Bertz CT molecular complexity index is 1510. The van der Waals surface area contributed by atoms with Gasteiger partial charge in [-0.15, -0.1) is 0 Å². The van der Waals surface area contributed by atoms with E-state index in [1.807, 2.05) is 39.0 Å². The molecule has 0 aromatic rings. The molecule has 13 nitrogen and oxygen atoms in total. The smallest absolute Gasteiger partial charge is 0.329 e. The van der Waals surface area contributed by atoms with Crippen LogP contribution in [-0.4, -0.2) is 126 Å². The molecule has 0 aromatic heterocycles. The maximum Gasteiger partial charge on any atom is 0.329 e. The van der Waals surface area contributed by atoms with Gasteiger partial charge in [-0.25, -0.2) is 4.79 Å². The number of carbonyl (C=O) groups excluding carboxylic acids is 3. The minimum Gasteiger partial charge on any atom is -0.456 e. The highest BCUT2D eigenvalue weighted by atomic mass is 16.7. The number of allylic oxidation sites excluding steroid dienone is 5. The Morgan fingerprint density at radius 3 is 2.28 bits per heavy atom. The molecule has 3 aliphatic heterocycles. The summed E-state index contributed by atoms with van der Waals surface area (Å²) in [7, 11) is 4.67. The van der Waals surface area contributed by atoms with Crippen LogP contribution in [-0.2, 0) is 38.1 Å². The summed E-state index contributed by atoms with van der Waals surface area (Å²) >= 11 is 0. The van der Waals surface area contributed by atoms with Crippen LogP contribution in [0.2, 0.25) is 0 Å². The first-order chi connectivity index (χ1) is 27.5. The number of fused-ring (bicyclic) bond motifs is 3. The topological polar surface area (TPSA) is 185 Å². The largest absolute Gasteiger partial charge is 0.456 e. The van der Waals surface area contributed by atoms with E-state index in [4.69, 9.17) is 23.7 Å². The average Bonchev–Trinajstić information content (AvgIpc) is 3.20. The number of hydrogen-bond donors (Lipinski definition) is 4. The maximum absolute atomic E-state index is 14.4. The summed E-state index contributed by atoms with van der Waals surface area (Å²) < 4.78 is 29.9. The van der Waals surface area contributed by atoms with Crippen LogP contribution in [0, 0.1) is 35.0 Å². The third-order valence-corrected chi connectivity index (χ3v) is 13.1. The number of methoxy groups -OCH3 is 3. The minimum absolute atomic E-state index is 0.0170. The van der Waals surface area contributed by atoms with Crippen LogP contribution in [0.25, 0.3) is 0 Å². The first kappa shape index (κ1) is 47.9. The predicted molar refractivity (Wildman–Crippen MR) is 220 cm³/mol. The molecule has 3 heterocycles. The molecule has 1 unspecified atom stereocenters. The zero-order valence-electron chi connectivity index (χ0n) is 36.4. The molecule has 328 valence electrons. The fraction of sp³-hybridized carbons (Fsp3) is 0.778. The lowest BCUT2D eigenvalue weighted by Crippen LogP contribution is -2.64. The highest BCUT2D eigenvalue weighted by Crippen LogP contribution is 2.39. The quantitative estimate of drug-likeness (QED) is 0.145. The van der Waals surface area contributed by atoms with Crippen LogP contribution in [0.1, 0.15) is 112 Å². The number of aliphatic hydroxyl groups is 3. The number of nitrogens with one attached hydrogen (secondary N) is 1. The molecule has 14 atom stereocenters. The zero-order valence-corrected chi connectivity index (χ0v) is 36.4. The second kappa shape index (κ2) is 21.7. The number of piperidine rings is 1. The summed E-state index contributed by atoms with van der Waals surface area (Å²) in [6.07, 6.45) is 8.41. The van der Waals surface area contributed by atoms with E-state index < -0.39 is 77.9 Å². The molecule has 1 saturated carbocycles. The van der Waals surface area contributed by atoms with Crippen molar-refractivity contribution in [2.24, 2.45) is 29.6 Å². The Morgan fingerprint density at radius 1 is 0.948 bits per heavy atom. The maximum atomic E-state index is 14.4. The van der Waals surface area contributed by atoms with E-state index in [0.29, 0.717) is 62.7 Å². The van der Waals surface area contributed by atoms with Crippen molar-refractivity contribution in [3.05, 3.63) is 35.5 Å². The van der Waals surface area contributed by atoms with Gasteiger partial charge in [0.15, 0.2) is 0 Å². The highest BCUT2D eigenvalue weighted by molar-refractivity contribution is 6.39. The van der Waals surface area contributed by atoms with Gasteiger partial charge < -0.3 is 49.3 Å². The highest BCUT2D eigenvalue weighted by Gasteiger charge is 2.56. The van der Waals surface area contributed by atoms with Crippen molar-refractivity contribution < 1.29 is 53.4 Å². The Kier molecular flexibility index (Phi) is 17.9. The summed E-state index contributed by atoms with van der Waals surface area (Å²) in [5.74, 6) is -7.06. The molecule has 2 saturated heterocycles. The molecule has 0 radical (unpaired) electrons. The Hall–Kier alpha value is -2.78. The van der Waals surface area contributed by atoms with Gasteiger partial charge in [-0.3, -0.25) is 9.59 Å². The molecule has 1 amide bonds. The van der Waals surface area contributed by atoms with Crippen LogP contribution in [0.4, 0.5) is 0 Å². The molecular formula is C45H72N2O11. The van der Waals surface area contributed by atoms with E-state index in [-0.39, 0.29) is 49.7 Å². The number of ether oxygens (including phenoxy) is 5. The molecule has 4 N–H and O–H groups in total. The lowest BCUT2D eigenvalue weighted by molar-refractivity contribution is -0.302. The Morgan fingerprint density at radius 2 is 1.62 bits per heavy atom. The van der Waals surface area contributed by atoms with Gasteiger partial charge in [-0.2, -0.15) is 0 Å². The van der Waals surface area contributed by atoms with Crippen molar-refractivity contribution in [1.82, 2.24) is 4.90 Å². The van der Waals surface area contributed by atoms with Crippen molar-refractivity contribution in [3.63, 3.8) is 0 Å².